The van der Waals surface area contributed by atoms with Crippen molar-refractivity contribution in [2.45, 2.75) is 56.9 Å². The maximum absolute atomic E-state index is 13.7. The zero-order valence-electron chi connectivity index (χ0n) is 21.3. The summed E-state index contributed by atoms with van der Waals surface area (Å²) in [6.45, 7) is 8.98. The SMILES string of the molecule is CCO[Si](OC)C(CC)OC1=CC(OC(CC)[Si](OC)OCC)=[S-](=O)c2cc3ccccc3cc21. The molecule has 0 spiro atoms. The fraction of sp³-hybridized carbons (Fsp3) is 0.480. The van der Waals surface area contributed by atoms with Gasteiger partial charge >= 0.3 is 18.6 Å². The molecule has 1 aliphatic rings. The first-order valence-corrected chi connectivity index (χ1v) is 15.9. The smallest absolute Gasteiger partial charge is 0.429 e. The summed E-state index contributed by atoms with van der Waals surface area (Å²) in [5.41, 5.74) is 0.205. The van der Waals surface area contributed by atoms with Crippen LogP contribution in [-0.4, -0.2) is 62.5 Å². The minimum absolute atomic E-state index is 0.257. The van der Waals surface area contributed by atoms with Gasteiger partial charge in [0.15, 0.2) is 0 Å². The highest BCUT2D eigenvalue weighted by atomic mass is 32.2. The van der Waals surface area contributed by atoms with E-state index in [1.54, 1.807) is 20.3 Å². The van der Waals surface area contributed by atoms with Crippen molar-refractivity contribution in [1.29, 1.82) is 0 Å². The van der Waals surface area contributed by atoms with E-state index in [1.165, 1.54) is 0 Å². The summed E-state index contributed by atoms with van der Waals surface area (Å²) in [5, 5.41) is 2.39. The predicted molar refractivity (Wildman–Crippen MR) is 142 cm³/mol. The van der Waals surface area contributed by atoms with E-state index in [9.17, 15) is 4.21 Å². The molecule has 0 bridgehead atoms. The van der Waals surface area contributed by atoms with E-state index < -0.39 is 29.0 Å². The van der Waals surface area contributed by atoms with Crippen molar-refractivity contribution < 1.29 is 31.4 Å². The normalized spacial score (nSPS) is 16.0. The van der Waals surface area contributed by atoms with Gasteiger partial charge in [-0.05, 0) is 54.7 Å². The van der Waals surface area contributed by atoms with Crippen LogP contribution in [0.4, 0.5) is 0 Å². The molecule has 2 atom stereocenters. The van der Waals surface area contributed by atoms with Gasteiger partial charge in [-0.1, -0.05) is 44.2 Å². The van der Waals surface area contributed by atoms with Gasteiger partial charge in [-0.25, -0.2) is 10.4 Å². The van der Waals surface area contributed by atoms with Gasteiger partial charge < -0.3 is 31.4 Å². The Labute approximate surface area is 214 Å². The van der Waals surface area contributed by atoms with Gasteiger partial charge in [0.1, 0.15) is 17.2 Å². The van der Waals surface area contributed by atoms with Crippen LogP contribution in [0.25, 0.3) is 16.5 Å². The molecule has 10 heteroatoms. The second kappa shape index (κ2) is 13.7. The quantitative estimate of drug-likeness (QED) is 0.210. The molecule has 0 aromatic heterocycles. The van der Waals surface area contributed by atoms with Crippen LogP contribution in [0.3, 0.4) is 0 Å². The van der Waals surface area contributed by atoms with Crippen LogP contribution in [0, 0.1) is 0 Å². The Kier molecular flexibility index (Phi) is 11.0. The van der Waals surface area contributed by atoms with E-state index in [4.69, 9.17) is 27.2 Å². The topological polar surface area (TPSA) is 72.5 Å². The number of benzene rings is 2. The van der Waals surface area contributed by atoms with Crippen LogP contribution in [0.5, 0.6) is 0 Å². The fourth-order valence-electron chi connectivity index (χ4n) is 3.83. The minimum Gasteiger partial charge on any atom is -0.488 e. The highest BCUT2D eigenvalue weighted by Gasteiger charge is 2.31. The largest absolute Gasteiger partial charge is 0.488 e. The molecule has 0 fully saturated rings. The molecule has 2 unspecified atom stereocenters. The second-order valence-corrected chi connectivity index (χ2v) is 13.1. The Morgan fingerprint density at radius 2 is 1.37 bits per heavy atom. The zero-order chi connectivity index (χ0) is 25.4. The third kappa shape index (κ3) is 6.63. The molecule has 2 aromatic rings. The Balaban J connectivity index is 2.08. The lowest BCUT2D eigenvalue weighted by molar-refractivity contribution is 0.143. The first-order valence-electron chi connectivity index (χ1n) is 11.9. The molecule has 2 aromatic carbocycles. The lowest BCUT2D eigenvalue weighted by Crippen LogP contribution is -2.40. The first-order chi connectivity index (χ1) is 17.0. The van der Waals surface area contributed by atoms with E-state index in [-0.39, 0.29) is 11.5 Å². The Morgan fingerprint density at radius 1 is 0.829 bits per heavy atom. The lowest BCUT2D eigenvalue weighted by atomic mass is 10.1. The Morgan fingerprint density at radius 3 is 1.89 bits per heavy atom. The van der Waals surface area contributed by atoms with Crippen LogP contribution in [0.2, 0.25) is 0 Å². The van der Waals surface area contributed by atoms with Crippen molar-refractivity contribution in [2.75, 3.05) is 27.4 Å². The third-order valence-corrected chi connectivity index (χ3v) is 10.9. The van der Waals surface area contributed by atoms with Crippen molar-refractivity contribution in [3.05, 3.63) is 48.0 Å². The molecule has 192 valence electrons. The molecule has 0 N–H and O–H groups in total. The molecule has 0 saturated carbocycles. The van der Waals surface area contributed by atoms with Gasteiger partial charge in [0, 0.05) is 33.0 Å². The van der Waals surface area contributed by atoms with Gasteiger partial charge in [0.25, 0.3) is 0 Å². The molecule has 0 amide bonds. The van der Waals surface area contributed by atoms with Gasteiger partial charge in [-0.2, -0.15) is 0 Å². The second-order valence-electron chi connectivity index (χ2n) is 7.73. The maximum Gasteiger partial charge on any atom is 0.429 e. The summed E-state index contributed by atoms with van der Waals surface area (Å²) in [6, 6.07) is 12.0. The van der Waals surface area contributed by atoms with Gasteiger partial charge in [0.2, 0.25) is 0 Å². The summed E-state index contributed by atoms with van der Waals surface area (Å²) >= 11 is 0. The molecule has 1 heterocycles. The van der Waals surface area contributed by atoms with E-state index in [1.807, 2.05) is 64.1 Å². The van der Waals surface area contributed by atoms with Crippen molar-refractivity contribution >= 4 is 50.5 Å². The molecule has 0 saturated heterocycles. The molecule has 35 heavy (non-hydrogen) atoms. The predicted octanol–water partition coefficient (Wildman–Crippen LogP) is 4.66. The molecule has 2 radical (unpaired) electrons. The summed E-state index contributed by atoms with van der Waals surface area (Å²) in [6.07, 6.45) is 3.12. The van der Waals surface area contributed by atoms with Crippen molar-refractivity contribution in [2.24, 2.45) is 0 Å². The van der Waals surface area contributed by atoms with Crippen LogP contribution >= 0.6 is 0 Å². The van der Waals surface area contributed by atoms with E-state index >= 15 is 0 Å². The lowest BCUT2D eigenvalue weighted by Gasteiger charge is -2.31. The zero-order valence-corrected chi connectivity index (χ0v) is 24.1. The molecular formula is C25H35O7SSi2-. The minimum atomic E-state index is -1.71. The van der Waals surface area contributed by atoms with E-state index in [2.05, 4.69) is 0 Å². The third-order valence-electron chi connectivity index (χ3n) is 5.52. The van der Waals surface area contributed by atoms with Crippen molar-refractivity contribution in [3.8, 4) is 0 Å². The van der Waals surface area contributed by atoms with Crippen LogP contribution in [-0.2, 0) is 41.8 Å². The number of fused-ring (bicyclic) bond motifs is 2. The highest BCUT2D eigenvalue weighted by Crippen LogP contribution is 2.33. The van der Waals surface area contributed by atoms with Crippen LogP contribution in [0.15, 0.2) is 47.4 Å². The highest BCUT2D eigenvalue weighted by molar-refractivity contribution is 7.85. The standard InChI is InChI=1S/C25H35O7SSi2/c1-7-24(34(27-5)29-9-3)31-21-17-23(32-25(8-2)35(28-6)30-10-4)33(26)22-16-19-14-12-11-13-18(19)15-20(21)22/h11-17,24-25H,7-10H2,1-6H3/q-1. The average molecular weight is 536 g/mol. The summed E-state index contributed by atoms with van der Waals surface area (Å²) in [4.78, 5) is 0.658. The van der Waals surface area contributed by atoms with Crippen LogP contribution in [0.1, 0.15) is 46.1 Å². The molecule has 7 nitrogen and oxygen atoms in total. The molecular weight excluding hydrogens is 501 g/mol. The van der Waals surface area contributed by atoms with Gasteiger partial charge in [-0.15, -0.1) is 4.90 Å². The number of hydrogen-bond donors (Lipinski definition) is 0. The van der Waals surface area contributed by atoms with E-state index in [0.717, 1.165) is 16.3 Å². The fourth-order valence-corrected chi connectivity index (χ4v) is 7.96. The first kappa shape index (κ1) is 28.1. The summed E-state index contributed by atoms with van der Waals surface area (Å²) < 4.78 is 49.4. The molecule has 3 rings (SSSR count). The molecule has 1 aliphatic heterocycles. The van der Waals surface area contributed by atoms with Crippen LogP contribution < -0.4 is 0 Å². The summed E-state index contributed by atoms with van der Waals surface area (Å²) in [7, 11) is -1.63. The van der Waals surface area contributed by atoms with Gasteiger partial charge in [0.05, 0.1) is 0 Å². The van der Waals surface area contributed by atoms with Crippen molar-refractivity contribution in [1.82, 2.24) is 0 Å². The Bertz CT molecular complexity index is 1100. The average Bonchev–Trinajstić information content (AvgIpc) is 2.89. The summed E-state index contributed by atoms with van der Waals surface area (Å²) in [5.74, 6) is 0.601. The molecule has 0 aliphatic carbocycles. The number of hydrogen-bond acceptors (Lipinski definition) is 8. The number of ether oxygens (including phenoxy) is 2. The Hall–Kier alpha value is -1.51. The monoisotopic (exact) mass is 535 g/mol. The van der Waals surface area contributed by atoms with E-state index in [0.29, 0.717) is 41.8 Å². The maximum atomic E-state index is 13.7. The number of rotatable bonds is 13. The van der Waals surface area contributed by atoms with Crippen molar-refractivity contribution in [3.63, 3.8) is 0 Å². The van der Waals surface area contributed by atoms with Gasteiger partial charge in [-0.3, -0.25) is 0 Å².